The van der Waals surface area contributed by atoms with Crippen molar-refractivity contribution in [2.45, 2.75) is 39.2 Å². The zero-order valence-electron chi connectivity index (χ0n) is 17.7. The van der Waals surface area contributed by atoms with Crippen molar-refractivity contribution >= 4 is 22.2 Å². The van der Waals surface area contributed by atoms with Gasteiger partial charge in [0.05, 0.1) is 19.4 Å². The van der Waals surface area contributed by atoms with Gasteiger partial charge in [0.25, 0.3) is 5.91 Å². The fraction of sp³-hybridized carbons (Fsp3) is 0.375. The Hall–Kier alpha value is -2.57. The molecule has 1 atom stereocenters. The molecule has 0 saturated carbocycles. The van der Waals surface area contributed by atoms with Gasteiger partial charge in [0.15, 0.2) is 5.76 Å². The number of hydrogen-bond acceptors (Lipinski definition) is 5. The minimum atomic E-state index is -0.213. The number of carbonyl (C=O) groups excluding carboxylic acids is 1. The van der Waals surface area contributed by atoms with E-state index >= 15 is 0 Å². The second kappa shape index (κ2) is 9.06. The average Bonchev–Trinajstić information content (AvgIpc) is 3.40. The van der Waals surface area contributed by atoms with Crippen molar-refractivity contribution in [3.05, 3.63) is 70.0 Å². The zero-order chi connectivity index (χ0) is 21.1. The molecule has 1 fully saturated rings. The van der Waals surface area contributed by atoms with Crippen LogP contribution in [0.25, 0.3) is 0 Å². The number of benzene rings is 1. The maximum atomic E-state index is 12.7. The number of nitrogens with zero attached hydrogens (tertiary/aromatic N) is 1. The lowest BCUT2D eigenvalue weighted by Crippen LogP contribution is -2.35. The van der Waals surface area contributed by atoms with Crippen LogP contribution in [0, 0.1) is 13.8 Å². The molecule has 0 radical (unpaired) electrons. The highest BCUT2D eigenvalue weighted by Gasteiger charge is 2.30. The van der Waals surface area contributed by atoms with E-state index in [2.05, 4.69) is 36.2 Å². The molecule has 1 aromatic carbocycles. The summed E-state index contributed by atoms with van der Waals surface area (Å²) < 4.78 is 10.7. The van der Waals surface area contributed by atoms with E-state index in [1.807, 2.05) is 12.1 Å². The standard InChI is InChI=1S/C24H28N2O3S/c1-16-17(2)30-24(25-23(27)20-8-7-15-29-20)21(16)22(26-13-5-4-6-14-26)18-9-11-19(28-3)12-10-18/h7-12,15,22H,4-6,13-14H2,1-3H3,(H,25,27)/t22-/m0/s1. The van der Waals surface area contributed by atoms with E-state index in [1.54, 1.807) is 30.6 Å². The number of ether oxygens (including phenoxy) is 1. The van der Waals surface area contributed by atoms with Gasteiger partial charge in [-0.05, 0) is 75.2 Å². The number of hydrogen-bond donors (Lipinski definition) is 1. The molecule has 4 rings (SSSR count). The van der Waals surface area contributed by atoms with Gasteiger partial charge in [-0.1, -0.05) is 18.6 Å². The largest absolute Gasteiger partial charge is 0.497 e. The molecule has 6 heteroatoms. The van der Waals surface area contributed by atoms with E-state index in [-0.39, 0.29) is 11.9 Å². The maximum Gasteiger partial charge on any atom is 0.291 e. The van der Waals surface area contributed by atoms with Crippen molar-refractivity contribution in [2.75, 3.05) is 25.5 Å². The number of aryl methyl sites for hydroxylation is 1. The Kier molecular flexibility index (Phi) is 6.25. The Balaban J connectivity index is 1.76. The van der Waals surface area contributed by atoms with Crippen LogP contribution in [0.3, 0.4) is 0 Å². The average molecular weight is 425 g/mol. The van der Waals surface area contributed by atoms with Crippen LogP contribution in [0.1, 0.15) is 57.4 Å². The van der Waals surface area contributed by atoms with Crippen molar-refractivity contribution in [2.24, 2.45) is 0 Å². The first-order chi connectivity index (χ1) is 14.6. The van der Waals surface area contributed by atoms with Gasteiger partial charge in [0.2, 0.25) is 0 Å². The Morgan fingerprint density at radius 3 is 2.50 bits per heavy atom. The minimum Gasteiger partial charge on any atom is -0.497 e. The number of anilines is 1. The lowest BCUT2D eigenvalue weighted by Gasteiger charge is -2.36. The smallest absolute Gasteiger partial charge is 0.291 e. The summed E-state index contributed by atoms with van der Waals surface area (Å²) >= 11 is 1.64. The molecule has 0 unspecified atom stereocenters. The predicted octanol–water partition coefficient (Wildman–Crippen LogP) is 5.79. The lowest BCUT2D eigenvalue weighted by molar-refractivity contribution is 0.0996. The van der Waals surface area contributed by atoms with Crippen LogP contribution >= 0.6 is 11.3 Å². The van der Waals surface area contributed by atoms with Gasteiger partial charge in [-0.3, -0.25) is 9.69 Å². The summed E-state index contributed by atoms with van der Waals surface area (Å²) in [6.07, 6.45) is 5.19. The van der Waals surface area contributed by atoms with Crippen molar-refractivity contribution in [3.8, 4) is 5.75 Å². The molecule has 2 aromatic heterocycles. The van der Waals surface area contributed by atoms with Crippen molar-refractivity contribution < 1.29 is 13.9 Å². The number of nitrogens with one attached hydrogen (secondary N) is 1. The van der Waals surface area contributed by atoms with Gasteiger partial charge in [0.1, 0.15) is 10.8 Å². The van der Waals surface area contributed by atoms with E-state index in [1.165, 1.54) is 47.1 Å². The summed E-state index contributed by atoms with van der Waals surface area (Å²) in [7, 11) is 1.69. The van der Waals surface area contributed by atoms with Gasteiger partial charge in [-0.15, -0.1) is 11.3 Å². The van der Waals surface area contributed by atoms with Crippen LogP contribution in [-0.4, -0.2) is 31.0 Å². The van der Waals surface area contributed by atoms with E-state index < -0.39 is 0 Å². The highest BCUT2D eigenvalue weighted by molar-refractivity contribution is 7.16. The molecule has 1 saturated heterocycles. The molecule has 1 aliphatic rings. The normalized spacial score (nSPS) is 15.7. The summed E-state index contributed by atoms with van der Waals surface area (Å²) in [5.74, 6) is 0.957. The number of carbonyl (C=O) groups is 1. The van der Waals surface area contributed by atoms with Crippen molar-refractivity contribution in [1.82, 2.24) is 4.90 Å². The number of methoxy groups -OCH3 is 1. The van der Waals surface area contributed by atoms with E-state index in [0.29, 0.717) is 5.76 Å². The first-order valence-electron chi connectivity index (χ1n) is 10.4. The van der Waals surface area contributed by atoms with Crippen LogP contribution in [0.15, 0.2) is 47.1 Å². The minimum absolute atomic E-state index is 0.0908. The fourth-order valence-corrected chi connectivity index (χ4v) is 5.25. The molecule has 1 N–H and O–H groups in total. The molecular weight excluding hydrogens is 396 g/mol. The van der Waals surface area contributed by atoms with Gasteiger partial charge >= 0.3 is 0 Å². The van der Waals surface area contributed by atoms with Gasteiger partial charge in [-0.2, -0.15) is 0 Å². The zero-order valence-corrected chi connectivity index (χ0v) is 18.6. The monoisotopic (exact) mass is 424 g/mol. The van der Waals surface area contributed by atoms with Crippen LogP contribution in [0.4, 0.5) is 5.00 Å². The highest BCUT2D eigenvalue weighted by atomic mass is 32.1. The summed E-state index contributed by atoms with van der Waals surface area (Å²) in [5, 5.41) is 4.02. The molecular formula is C24H28N2O3S. The van der Waals surface area contributed by atoms with Crippen molar-refractivity contribution in [1.29, 1.82) is 0 Å². The number of thiophene rings is 1. The number of furan rings is 1. The molecule has 158 valence electrons. The van der Waals surface area contributed by atoms with Gasteiger partial charge in [0, 0.05) is 10.4 Å². The number of rotatable bonds is 6. The molecule has 30 heavy (non-hydrogen) atoms. The molecule has 3 heterocycles. The second-order valence-electron chi connectivity index (χ2n) is 7.73. The van der Waals surface area contributed by atoms with E-state index in [9.17, 15) is 4.79 Å². The second-order valence-corrected chi connectivity index (χ2v) is 8.95. The van der Waals surface area contributed by atoms with Gasteiger partial charge < -0.3 is 14.5 Å². The number of piperidine rings is 1. The van der Waals surface area contributed by atoms with Crippen LogP contribution < -0.4 is 10.1 Å². The number of amides is 1. The predicted molar refractivity (Wildman–Crippen MR) is 121 cm³/mol. The summed E-state index contributed by atoms with van der Waals surface area (Å²) in [6.45, 7) is 6.38. The molecule has 1 amide bonds. The van der Waals surface area contributed by atoms with Crippen LogP contribution in [0.2, 0.25) is 0 Å². The molecule has 3 aromatic rings. The summed E-state index contributed by atoms with van der Waals surface area (Å²) in [4.78, 5) is 16.5. The number of likely N-dealkylation sites (tertiary alicyclic amines) is 1. The summed E-state index contributed by atoms with van der Waals surface area (Å²) in [6, 6.07) is 11.8. The first-order valence-corrected chi connectivity index (χ1v) is 11.2. The molecule has 0 aliphatic carbocycles. The first kappa shape index (κ1) is 20.7. The maximum absolute atomic E-state index is 12.7. The quantitative estimate of drug-likeness (QED) is 0.544. The lowest BCUT2D eigenvalue weighted by atomic mass is 9.93. The molecule has 5 nitrogen and oxygen atoms in total. The third-order valence-electron chi connectivity index (χ3n) is 5.86. The molecule has 1 aliphatic heterocycles. The van der Waals surface area contributed by atoms with E-state index in [0.717, 1.165) is 23.8 Å². The van der Waals surface area contributed by atoms with Crippen LogP contribution in [-0.2, 0) is 0 Å². The summed E-state index contributed by atoms with van der Waals surface area (Å²) in [5.41, 5.74) is 3.64. The van der Waals surface area contributed by atoms with Gasteiger partial charge in [-0.25, -0.2) is 0 Å². The Labute approximate surface area is 181 Å². The van der Waals surface area contributed by atoms with E-state index in [4.69, 9.17) is 9.15 Å². The third kappa shape index (κ3) is 4.16. The Morgan fingerprint density at radius 2 is 1.87 bits per heavy atom. The van der Waals surface area contributed by atoms with Crippen molar-refractivity contribution in [3.63, 3.8) is 0 Å². The van der Waals surface area contributed by atoms with Crippen LogP contribution in [0.5, 0.6) is 5.75 Å². The molecule has 0 spiro atoms. The Bertz CT molecular complexity index is 986. The Morgan fingerprint density at radius 1 is 1.13 bits per heavy atom. The molecule has 0 bridgehead atoms. The highest BCUT2D eigenvalue weighted by Crippen LogP contribution is 2.43. The SMILES string of the molecule is COc1ccc([C@@H](c2c(NC(=O)c3ccco3)sc(C)c2C)N2CCCCC2)cc1. The fourth-order valence-electron chi connectivity index (χ4n) is 4.16. The third-order valence-corrected chi connectivity index (χ3v) is 7.00. The topological polar surface area (TPSA) is 54.7 Å².